The lowest BCUT2D eigenvalue weighted by Crippen LogP contribution is -2.00. The van der Waals surface area contributed by atoms with E-state index >= 15 is 0 Å². The molecule has 1 N–H and O–H groups in total. The van der Waals surface area contributed by atoms with Crippen LogP contribution in [0.5, 0.6) is 0 Å². The van der Waals surface area contributed by atoms with Gasteiger partial charge in [0.25, 0.3) is 0 Å². The number of hydrogen-bond acceptors (Lipinski definition) is 2. The second-order valence-electron chi connectivity index (χ2n) is 3.33. The summed E-state index contributed by atoms with van der Waals surface area (Å²) < 4.78 is 13.9. The molecule has 4 heteroatoms. The van der Waals surface area contributed by atoms with Crippen molar-refractivity contribution in [2.45, 2.75) is 6.54 Å². The number of pyridine rings is 1. The van der Waals surface area contributed by atoms with Gasteiger partial charge in [0, 0.05) is 23.4 Å². The molecule has 0 aliphatic carbocycles. The van der Waals surface area contributed by atoms with Crippen LogP contribution in [0.25, 0.3) is 0 Å². The van der Waals surface area contributed by atoms with Crippen molar-refractivity contribution in [1.29, 1.82) is 0 Å². The van der Waals surface area contributed by atoms with Crippen molar-refractivity contribution in [3.63, 3.8) is 0 Å². The molecule has 82 valence electrons. The Labute approximate surface area is 102 Å². The molecule has 0 aliphatic heterocycles. The van der Waals surface area contributed by atoms with Crippen LogP contribution in [-0.4, -0.2) is 4.98 Å². The lowest BCUT2D eigenvalue weighted by atomic mass is 10.2. The quantitative estimate of drug-likeness (QED) is 0.929. The molecule has 0 spiro atoms. The maximum absolute atomic E-state index is 13.0. The van der Waals surface area contributed by atoms with E-state index in [1.165, 1.54) is 12.1 Å². The summed E-state index contributed by atoms with van der Waals surface area (Å²) in [6.07, 6.45) is 3.44. The number of nitrogens with one attached hydrogen (secondary N) is 1. The zero-order valence-electron chi connectivity index (χ0n) is 8.45. The van der Waals surface area contributed by atoms with Crippen molar-refractivity contribution in [2.24, 2.45) is 0 Å². The standard InChI is InChI=1S/C12H10BrFN2/c13-12-4-3-10(14)6-9(12)7-16-11-2-1-5-15-8-11/h1-6,8,16H,7H2. The second kappa shape index (κ2) is 5.07. The van der Waals surface area contributed by atoms with Gasteiger partial charge in [0.15, 0.2) is 0 Å². The largest absolute Gasteiger partial charge is 0.380 e. The monoisotopic (exact) mass is 280 g/mol. The molecule has 2 nitrogen and oxygen atoms in total. The Bertz CT molecular complexity index is 474. The van der Waals surface area contributed by atoms with Gasteiger partial charge in [0.2, 0.25) is 0 Å². The summed E-state index contributed by atoms with van der Waals surface area (Å²) >= 11 is 3.38. The third-order valence-corrected chi connectivity index (χ3v) is 2.93. The first-order valence-electron chi connectivity index (χ1n) is 4.83. The molecular formula is C12H10BrFN2. The Hall–Kier alpha value is -1.42. The van der Waals surface area contributed by atoms with Gasteiger partial charge in [-0.1, -0.05) is 15.9 Å². The number of benzene rings is 1. The van der Waals surface area contributed by atoms with Gasteiger partial charge < -0.3 is 5.32 Å². The third-order valence-electron chi connectivity index (χ3n) is 2.15. The van der Waals surface area contributed by atoms with Crippen LogP contribution >= 0.6 is 15.9 Å². The molecule has 0 atom stereocenters. The van der Waals surface area contributed by atoms with Crippen LogP contribution in [0.2, 0.25) is 0 Å². The summed E-state index contributed by atoms with van der Waals surface area (Å²) in [7, 11) is 0. The van der Waals surface area contributed by atoms with Crippen molar-refractivity contribution in [1.82, 2.24) is 4.98 Å². The van der Waals surface area contributed by atoms with E-state index in [1.807, 2.05) is 12.1 Å². The normalized spacial score (nSPS) is 10.1. The summed E-state index contributed by atoms with van der Waals surface area (Å²) in [6.45, 7) is 0.560. The maximum Gasteiger partial charge on any atom is 0.123 e. The van der Waals surface area contributed by atoms with Crippen molar-refractivity contribution in [2.75, 3.05) is 5.32 Å². The fraction of sp³-hybridized carbons (Fsp3) is 0.0833. The molecule has 0 aliphatic rings. The zero-order valence-corrected chi connectivity index (χ0v) is 10.0. The summed E-state index contributed by atoms with van der Waals surface area (Å²) in [6, 6.07) is 8.41. The van der Waals surface area contributed by atoms with E-state index in [0.29, 0.717) is 6.54 Å². The number of halogens is 2. The van der Waals surface area contributed by atoms with Crippen LogP contribution in [0.15, 0.2) is 47.2 Å². The first-order chi connectivity index (χ1) is 7.75. The molecule has 0 amide bonds. The summed E-state index contributed by atoms with van der Waals surface area (Å²) in [4.78, 5) is 3.99. The Balaban J connectivity index is 2.08. The highest BCUT2D eigenvalue weighted by molar-refractivity contribution is 9.10. The molecule has 1 aromatic heterocycles. The molecule has 0 radical (unpaired) electrons. The van der Waals surface area contributed by atoms with E-state index in [9.17, 15) is 4.39 Å². The molecule has 16 heavy (non-hydrogen) atoms. The predicted molar refractivity (Wildman–Crippen MR) is 65.7 cm³/mol. The van der Waals surface area contributed by atoms with Crippen LogP contribution in [0.4, 0.5) is 10.1 Å². The molecule has 0 saturated heterocycles. The van der Waals surface area contributed by atoms with Gasteiger partial charge >= 0.3 is 0 Å². The van der Waals surface area contributed by atoms with E-state index in [2.05, 4.69) is 26.2 Å². The molecule has 0 bridgehead atoms. The van der Waals surface area contributed by atoms with Crippen LogP contribution < -0.4 is 5.32 Å². The van der Waals surface area contributed by atoms with Crippen LogP contribution in [0, 0.1) is 5.82 Å². The van der Waals surface area contributed by atoms with Gasteiger partial charge in [0.05, 0.1) is 5.69 Å². The molecule has 1 heterocycles. The fourth-order valence-corrected chi connectivity index (χ4v) is 1.73. The highest BCUT2D eigenvalue weighted by atomic mass is 79.9. The number of aromatic nitrogens is 1. The van der Waals surface area contributed by atoms with Crippen molar-refractivity contribution < 1.29 is 4.39 Å². The van der Waals surface area contributed by atoms with Gasteiger partial charge in [0.1, 0.15) is 5.82 Å². The van der Waals surface area contributed by atoms with Crippen LogP contribution in [-0.2, 0) is 6.54 Å². The van der Waals surface area contributed by atoms with Crippen molar-refractivity contribution >= 4 is 21.6 Å². The first kappa shape index (κ1) is 11.1. The Morgan fingerprint density at radius 1 is 1.31 bits per heavy atom. The second-order valence-corrected chi connectivity index (χ2v) is 4.19. The lowest BCUT2D eigenvalue weighted by molar-refractivity contribution is 0.625. The number of rotatable bonds is 3. The Morgan fingerprint density at radius 3 is 2.94 bits per heavy atom. The van der Waals surface area contributed by atoms with Gasteiger partial charge in [-0.25, -0.2) is 4.39 Å². The number of hydrogen-bond donors (Lipinski definition) is 1. The summed E-state index contributed by atoms with van der Waals surface area (Å²) in [5.41, 5.74) is 1.79. The van der Waals surface area contributed by atoms with E-state index in [4.69, 9.17) is 0 Å². The van der Waals surface area contributed by atoms with Crippen molar-refractivity contribution in [3.8, 4) is 0 Å². The van der Waals surface area contributed by atoms with Gasteiger partial charge in [-0.05, 0) is 35.9 Å². The molecule has 2 rings (SSSR count). The highest BCUT2D eigenvalue weighted by Gasteiger charge is 2.01. The van der Waals surface area contributed by atoms with E-state index < -0.39 is 0 Å². The predicted octanol–water partition coefficient (Wildman–Crippen LogP) is 3.60. The van der Waals surface area contributed by atoms with Crippen molar-refractivity contribution in [3.05, 3.63) is 58.6 Å². The fourth-order valence-electron chi connectivity index (χ4n) is 1.34. The molecule has 0 saturated carbocycles. The summed E-state index contributed by atoms with van der Waals surface area (Å²) in [5, 5.41) is 3.17. The molecule has 0 fully saturated rings. The molecule has 1 aromatic carbocycles. The maximum atomic E-state index is 13.0. The minimum absolute atomic E-state index is 0.230. The molecule has 2 aromatic rings. The van der Waals surface area contributed by atoms with E-state index in [1.54, 1.807) is 18.5 Å². The lowest BCUT2D eigenvalue weighted by Gasteiger charge is -2.07. The van der Waals surface area contributed by atoms with Gasteiger partial charge in [-0.2, -0.15) is 0 Å². The van der Waals surface area contributed by atoms with Crippen LogP contribution in [0.3, 0.4) is 0 Å². The highest BCUT2D eigenvalue weighted by Crippen LogP contribution is 2.19. The van der Waals surface area contributed by atoms with Gasteiger partial charge in [-0.15, -0.1) is 0 Å². The van der Waals surface area contributed by atoms with Gasteiger partial charge in [-0.3, -0.25) is 4.98 Å². The molecular weight excluding hydrogens is 271 g/mol. The van der Waals surface area contributed by atoms with E-state index in [0.717, 1.165) is 15.7 Å². The average Bonchev–Trinajstić information content (AvgIpc) is 2.32. The number of nitrogens with zero attached hydrogens (tertiary/aromatic N) is 1. The smallest absolute Gasteiger partial charge is 0.123 e. The minimum Gasteiger partial charge on any atom is -0.380 e. The average molecular weight is 281 g/mol. The SMILES string of the molecule is Fc1ccc(Br)c(CNc2cccnc2)c1. The van der Waals surface area contributed by atoms with Crippen LogP contribution in [0.1, 0.15) is 5.56 Å². The zero-order chi connectivity index (χ0) is 11.4. The number of anilines is 1. The van der Waals surface area contributed by atoms with E-state index in [-0.39, 0.29) is 5.82 Å². The Morgan fingerprint density at radius 2 is 2.19 bits per heavy atom. The minimum atomic E-state index is -0.230. The topological polar surface area (TPSA) is 24.9 Å². The first-order valence-corrected chi connectivity index (χ1v) is 5.63. The third kappa shape index (κ3) is 2.79. The molecule has 0 unspecified atom stereocenters. The Kier molecular flexibility index (Phi) is 3.51. The summed E-state index contributed by atoms with van der Waals surface area (Å²) in [5.74, 6) is -0.230.